The molecule has 0 saturated carbocycles. The van der Waals surface area contributed by atoms with Crippen molar-refractivity contribution in [1.82, 2.24) is 9.78 Å². The fourth-order valence-corrected chi connectivity index (χ4v) is 3.20. The van der Waals surface area contributed by atoms with E-state index in [0.29, 0.717) is 5.69 Å². The molecule has 0 spiro atoms. The monoisotopic (exact) mass is 377 g/mol. The SMILES string of the molecule is Cn1nc(C(F)(F)F)cc1C(=O)Nc1ccccc1Sc1ccccc1. The molecule has 0 aliphatic carbocycles. The van der Waals surface area contributed by atoms with Crippen molar-refractivity contribution in [1.29, 1.82) is 0 Å². The number of hydrogen-bond donors (Lipinski definition) is 1. The lowest BCUT2D eigenvalue weighted by molar-refractivity contribution is -0.141. The summed E-state index contributed by atoms with van der Waals surface area (Å²) in [5, 5.41) is 6.03. The first kappa shape index (κ1) is 18.1. The Balaban J connectivity index is 1.83. The van der Waals surface area contributed by atoms with Crippen LogP contribution < -0.4 is 5.32 Å². The summed E-state index contributed by atoms with van der Waals surface area (Å²) in [6.07, 6.45) is -4.60. The number of hydrogen-bond acceptors (Lipinski definition) is 3. The van der Waals surface area contributed by atoms with Crippen LogP contribution in [0.15, 0.2) is 70.5 Å². The van der Waals surface area contributed by atoms with Crippen LogP contribution in [0.25, 0.3) is 0 Å². The molecule has 8 heteroatoms. The fourth-order valence-electron chi connectivity index (χ4n) is 2.28. The Morgan fingerprint density at radius 1 is 1.08 bits per heavy atom. The van der Waals surface area contributed by atoms with E-state index in [1.54, 1.807) is 12.1 Å². The Morgan fingerprint density at radius 3 is 2.38 bits per heavy atom. The minimum Gasteiger partial charge on any atom is -0.320 e. The fraction of sp³-hybridized carbons (Fsp3) is 0.111. The van der Waals surface area contributed by atoms with Crippen molar-refractivity contribution < 1.29 is 18.0 Å². The number of nitrogens with one attached hydrogen (secondary N) is 1. The summed E-state index contributed by atoms with van der Waals surface area (Å²) in [7, 11) is 1.30. The standard InChI is InChI=1S/C18H14F3N3OS/c1-24-14(11-16(23-24)18(19,20)21)17(25)22-13-9-5-6-10-15(13)26-12-7-3-2-4-8-12/h2-11H,1H3,(H,22,25). The minimum absolute atomic E-state index is 0.170. The van der Waals surface area contributed by atoms with E-state index in [1.807, 2.05) is 42.5 Å². The van der Waals surface area contributed by atoms with E-state index in [0.717, 1.165) is 20.5 Å². The molecular weight excluding hydrogens is 363 g/mol. The lowest BCUT2D eigenvalue weighted by Crippen LogP contribution is -2.16. The second-order valence-electron chi connectivity index (χ2n) is 5.40. The summed E-state index contributed by atoms with van der Waals surface area (Å²) in [6, 6.07) is 17.4. The normalized spacial score (nSPS) is 11.4. The minimum atomic E-state index is -4.60. The van der Waals surface area contributed by atoms with Gasteiger partial charge in [0.25, 0.3) is 5.91 Å². The van der Waals surface area contributed by atoms with Crippen molar-refractivity contribution in [3.05, 3.63) is 72.1 Å². The molecule has 0 unspecified atom stereocenters. The lowest BCUT2D eigenvalue weighted by atomic mass is 10.3. The molecule has 1 N–H and O–H groups in total. The number of halogens is 3. The summed E-state index contributed by atoms with van der Waals surface area (Å²) in [4.78, 5) is 14.2. The summed E-state index contributed by atoms with van der Waals surface area (Å²) >= 11 is 1.45. The lowest BCUT2D eigenvalue weighted by Gasteiger charge is -2.10. The Hall–Kier alpha value is -2.74. The largest absolute Gasteiger partial charge is 0.435 e. The number of carbonyl (C=O) groups is 1. The van der Waals surface area contributed by atoms with Crippen LogP contribution in [0.5, 0.6) is 0 Å². The number of benzene rings is 2. The zero-order valence-electron chi connectivity index (χ0n) is 13.6. The zero-order valence-corrected chi connectivity index (χ0v) is 14.4. The van der Waals surface area contributed by atoms with Crippen LogP contribution in [0.2, 0.25) is 0 Å². The van der Waals surface area contributed by atoms with Gasteiger partial charge in [0.2, 0.25) is 0 Å². The van der Waals surface area contributed by atoms with Crippen LogP contribution in [0.4, 0.5) is 18.9 Å². The average Bonchev–Trinajstić information content (AvgIpc) is 3.00. The molecule has 1 heterocycles. The molecule has 2 aromatic carbocycles. The molecular formula is C18H14F3N3OS. The van der Waals surface area contributed by atoms with E-state index >= 15 is 0 Å². The molecule has 1 amide bonds. The van der Waals surface area contributed by atoms with Gasteiger partial charge in [-0.05, 0) is 24.3 Å². The molecule has 0 aliphatic heterocycles. The highest BCUT2D eigenvalue weighted by Gasteiger charge is 2.35. The number of aromatic nitrogens is 2. The third kappa shape index (κ3) is 4.08. The number of alkyl halides is 3. The van der Waals surface area contributed by atoms with Crippen LogP contribution in [-0.2, 0) is 13.2 Å². The van der Waals surface area contributed by atoms with E-state index in [4.69, 9.17) is 0 Å². The van der Waals surface area contributed by atoms with Gasteiger partial charge in [-0.3, -0.25) is 9.48 Å². The molecule has 1 aromatic heterocycles. The molecule has 3 rings (SSSR count). The summed E-state index contributed by atoms with van der Waals surface area (Å²) in [6.45, 7) is 0. The average molecular weight is 377 g/mol. The highest BCUT2D eigenvalue weighted by Crippen LogP contribution is 2.33. The van der Waals surface area contributed by atoms with Gasteiger partial charge in [0.05, 0.1) is 5.69 Å². The first-order valence-electron chi connectivity index (χ1n) is 7.59. The van der Waals surface area contributed by atoms with Crippen molar-refractivity contribution in [3.8, 4) is 0 Å². The van der Waals surface area contributed by atoms with E-state index in [2.05, 4.69) is 10.4 Å². The molecule has 4 nitrogen and oxygen atoms in total. The quantitative estimate of drug-likeness (QED) is 0.708. The number of anilines is 1. The van der Waals surface area contributed by atoms with Crippen LogP contribution in [0.1, 0.15) is 16.2 Å². The van der Waals surface area contributed by atoms with Gasteiger partial charge in [-0.2, -0.15) is 18.3 Å². The van der Waals surface area contributed by atoms with Crippen molar-refractivity contribution in [2.24, 2.45) is 7.05 Å². The molecule has 0 saturated heterocycles. The number of carbonyl (C=O) groups excluding carboxylic acids is 1. The third-order valence-electron chi connectivity index (χ3n) is 3.51. The second-order valence-corrected chi connectivity index (χ2v) is 6.52. The maximum absolute atomic E-state index is 12.8. The van der Waals surface area contributed by atoms with Crippen molar-refractivity contribution >= 4 is 23.4 Å². The van der Waals surface area contributed by atoms with Crippen LogP contribution >= 0.6 is 11.8 Å². The van der Waals surface area contributed by atoms with Crippen LogP contribution in [-0.4, -0.2) is 15.7 Å². The van der Waals surface area contributed by atoms with E-state index in [9.17, 15) is 18.0 Å². The van der Waals surface area contributed by atoms with Crippen molar-refractivity contribution in [2.45, 2.75) is 16.0 Å². The second kappa shape index (κ2) is 7.25. The van der Waals surface area contributed by atoms with Crippen LogP contribution in [0, 0.1) is 0 Å². The van der Waals surface area contributed by atoms with Crippen molar-refractivity contribution in [2.75, 3.05) is 5.32 Å². The highest BCUT2D eigenvalue weighted by atomic mass is 32.2. The molecule has 26 heavy (non-hydrogen) atoms. The van der Waals surface area contributed by atoms with Gasteiger partial charge in [-0.15, -0.1) is 0 Å². The van der Waals surface area contributed by atoms with Crippen molar-refractivity contribution in [3.63, 3.8) is 0 Å². The zero-order chi connectivity index (χ0) is 18.7. The number of nitrogens with zero attached hydrogens (tertiary/aromatic N) is 2. The van der Waals surface area contributed by atoms with E-state index in [-0.39, 0.29) is 5.69 Å². The Bertz CT molecular complexity index is 923. The van der Waals surface area contributed by atoms with E-state index in [1.165, 1.54) is 18.8 Å². The topological polar surface area (TPSA) is 46.9 Å². The van der Waals surface area contributed by atoms with Gasteiger partial charge < -0.3 is 5.32 Å². The van der Waals surface area contributed by atoms with E-state index < -0.39 is 17.8 Å². The van der Waals surface area contributed by atoms with Gasteiger partial charge in [0.15, 0.2) is 5.69 Å². The van der Waals surface area contributed by atoms with Gasteiger partial charge >= 0.3 is 6.18 Å². The Kier molecular flexibility index (Phi) is 5.03. The number of para-hydroxylation sites is 1. The van der Waals surface area contributed by atoms with Gasteiger partial charge in [0, 0.05) is 22.9 Å². The first-order valence-corrected chi connectivity index (χ1v) is 8.41. The van der Waals surface area contributed by atoms with Gasteiger partial charge in [0.1, 0.15) is 5.69 Å². The molecule has 134 valence electrons. The molecule has 0 bridgehead atoms. The smallest absolute Gasteiger partial charge is 0.320 e. The summed E-state index contributed by atoms with van der Waals surface area (Å²) in [5.74, 6) is -0.656. The highest BCUT2D eigenvalue weighted by molar-refractivity contribution is 7.99. The number of amides is 1. The molecule has 3 aromatic rings. The molecule has 0 atom stereocenters. The predicted molar refractivity (Wildman–Crippen MR) is 93.2 cm³/mol. The maximum atomic E-state index is 12.8. The summed E-state index contributed by atoms with van der Waals surface area (Å²) < 4.78 is 39.2. The molecule has 0 aliphatic rings. The molecule has 0 fully saturated rings. The maximum Gasteiger partial charge on any atom is 0.435 e. The Labute approximate surface area is 152 Å². The number of aryl methyl sites for hydroxylation is 1. The third-order valence-corrected chi connectivity index (χ3v) is 4.59. The Morgan fingerprint density at radius 2 is 1.73 bits per heavy atom. The predicted octanol–water partition coefficient (Wildman–Crippen LogP) is 4.84. The summed E-state index contributed by atoms with van der Waals surface area (Å²) in [5.41, 5.74) is -0.755. The number of rotatable bonds is 4. The molecule has 0 radical (unpaired) electrons. The van der Waals surface area contributed by atoms with Gasteiger partial charge in [-0.25, -0.2) is 0 Å². The van der Waals surface area contributed by atoms with Crippen LogP contribution in [0.3, 0.4) is 0 Å². The first-order chi connectivity index (χ1) is 12.3. The van der Waals surface area contributed by atoms with Gasteiger partial charge in [-0.1, -0.05) is 42.1 Å².